The van der Waals surface area contributed by atoms with Gasteiger partial charge < -0.3 is 69.2 Å². The number of phenols is 1. The molecule has 104 heavy (non-hydrogen) atoms. The maximum Gasteiger partial charge on any atom is 0.310 e. The topological polar surface area (TPSA) is 306 Å². The van der Waals surface area contributed by atoms with E-state index in [1.54, 1.807) is 92.6 Å². The summed E-state index contributed by atoms with van der Waals surface area (Å²) in [4.78, 5) is 70.7. The molecule has 0 bridgehead atoms. The fourth-order valence-corrected chi connectivity index (χ4v) is 12.2. The predicted molar refractivity (Wildman–Crippen MR) is 393 cm³/mol. The molecule has 2 saturated heterocycles. The van der Waals surface area contributed by atoms with Crippen molar-refractivity contribution in [2.45, 2.75) is 142 Å². The summed E-state index contributed by atoms with van der Waals surface area (Å²) in [5.74, 6) is 0.0914. The molecule has 2 aliphatic heterocycles. The number of carbonyl (C=O) groups excluding carboxylic acids is 6. The Labute approximate surface area is 615 Å². The zero-order valence-electron chi connectivity index (χ0n) is 59.7. The van der Waals surface area contributed by atoms with Crippen molar-refractivity contribution < 1.29 is 112 Å². The minimum atomic E-state index is -0.767. The first-order chi connectivity index (χ1) is 48.6. The van der Waals surface area contributed by atoms with Gasteiger partial charge in [0.15, 0.2) is 0 Å². The number of phenolic OH excluding ortho intramolecular Hbond substituents is 1. The number of benzene rings is 8. The second-order valence-electron chi connectivity index (χ2n) is 27.6. The fourth-order valence-electron chi connectivity index (χ4n) is 12.2. The van der Waals surface area contributed by atoms with Gasteiger partial charge in [0.25, 0.3) is 0 Å². The molecule has 4 aromatic heterocycles. The molecule has 546 valence electrons. The summed E-state index contributed by atoms with van der Waals surface area (Å²) in [5.41, 5.74) is 3.82. The maximum atomic E-state index is 12.2. The molecular weight excluding hydrogens is 1500 g/mol. The molecule has 4 amide bonds. The molecule has 6 heterocycles. The van der Waals surface area contributed by atoms with Crippen LogP contribution in [0.25, 0.3) is 87.0 Å². The summed E-state index contributed by atoms with van der Waals surface area (Å²) < 4.78 is 49.8. The van der Waals surface area contributed by atoms with Gasteiger partial charge in [-0.2, -0.15) is 0 Å². The smallest absolute Gasteiger partial charge is 0.310 e. The van der Waals surface area contributed by atoms with Crippen LogP contribution in [0.1, 0.15) is 134 Å². The van der Waals surface area contributed by atoms with Gasteiger partial charge in [-0.05, 0) is 208 Å². The average molecular weight is 1590 g/mol. The molecule has 21 nitrogen and oxygen atoms in total. The van der Waals surface area contributed by atoms with Crippen LogP contribution in [0.2, 0.25) is 0 Å². The van der Waals surface area contributed by atoms with Gasteiger partial charge in [-0.1, -0.05) is 24.3 Å². The summed E-state index contributed by atoms with van der Waals surface area (Å²) in [7, 11) is 0. The van der Waals surface area contributed by atoms with Crippen molar-refractivity contribution in [1.82, 2.24) is 10.6 Å². The molecule has 12 aromatic rings. The third-order valence-corrected chi connectivity index (χ3v) is 17.7. The number of hydrogen-bond acceptors (Lipinski definition) is 19. The van der Waals surface area contributed by atoms with Crippen LogP contribution in [-0.4, -0.2) is 106 Å². The molecule has 0 spiro atoms. The van der Waals surface area contributed by atoms with Gasteiger partial charge >= 0.3 is 11.9 Å². The van der Waals surface area contributed by atoms with Gasteiger partial charge in [-0.3, -0.25) is 39.4 Å². The van der Waals surface area contributed by atoms with Crippen LogP contribution in [0.15, 0.2) is 164 Å². The van der Waals surface area contributed by atoms with E-state index in [2.05, 4.69) is 10.6 Å². The Balaban J connectivity index is 0.000000161. The number of amides is 4. The second kappa shape index (κ2) is 33.6. The van der Waals surface area contributed by atoms with Crippen molar-refractivity contribution >= 4 is 123 Å². The zero-order chi connectivity index (χ0) is 72.6. The number of aliphatic hydroxyl groups is 3. The molecule has 14 rings (SSSR count). The van der Waals surface area contributed by atoms with E-state index in [1.165, 1.54) is 0 Å². The first-order valence-electron chi connectivity index (χ1n) is 34.1. The number of fused-ring (bicyclic) bond motifs is 8. The number of carbonyl (C=O) groups is 6. The van der Waals surface area contributed by atoms with Crippen molar-refractivity contribution in [1.29, 1.82) is 0 Å². The van der Waals surface area contributed by atoms with Gasteiger partial charge in [0.1, 0.15) is 45.3 Å². The minimum absolute atomic E-state index is 0. The molecule has 2 fully saturated rings. The van der Waals surface area contributed by atoms with Crippen LogP contribution in [-0.2, 0) is 72.1 Å². The van der Waals surface area contributed by atoms with E-state index in [0.717, 1.165) is 115 Å². The summed E-state index contributed by atoms with van der Waals surface area (Å²) in [5, 5.41) is 55.1. The van der Waals surface area contributed by atoms with E-state index in [9.17, 15) is 49.2 Å². The Morgan fingerprint density at radius 1 is 0.442 bits per heavy atom. The summed E-state index contributed by atoms with van der Waals surface area (Å²) in [6.07, 6.45) is 10.0. The summed E-state index contributed by atoms with van der Waals surface area (Å²) in [6.45, 7) is 16.1. The van der Waals surface area contributed by atoms with Gasteiger partial charge in [0, 0.05) is 97.0 Å². The number of imide groups is 2. The minimum Gasteiger partial charge on any atom is -0.508 e. The Hall–Kier alpha value is -10.1. The number of rotatable bonds is 20. The molecule has 22 heteroatoms. The number of piperidine rings is 2. The summed E-state index contributed by atoms with van der Waals surface area (Å²) >= 11 is 0. The van der Waals surface area contributed by atoms with Crippen LogP contribution in [0, 0.1) is 7.43 Å². The molecular formula is C82H87N2O19W-. The Bertz CT molecular complexity index is 4920. The first kappa shape index (κ1) is 78.1. The largest absolute Gasteiger partial charge is 0.508 e. The summed E-state index contributed by atoms with van der Waals surface area (Å²) in [6, 6.07) is 38.3. The Morgan fingerprint density at radius 2 is 0.760 bits per heavy atom. The molecule has 8 aromatic carbocycles. The van der Waals surface area contributed by atoms with Crippen LogP contribution in [0.4, 0.5) is 0 Å². The molecule has 2 unspecified atom stereocenters. The molecule has 0 radical (unpaired) electrons. The van der Waals surface area contributed by atoms with Gasteiger partial charge in [0.05, 0.1) is 99.6 Å². The van der Waals surface area contributed by atoms with Gasteiger partial charge in [-0.15, -0.1) is 0 Å². The molecule has 2 atom stereocenters. The normalized spacial score (nSPS) is 14.7. The molecule has 2 aliphatic rings. The van der Waals surface area contributed by atoms with E-state index in [1.807, 2.05) is 109 Å². The van der Waals surface area contributed by atoms with E-state index in [4.69, 9.17) is 41.4 Å². The Morgan fingerprint density at radius 3 is 1.10 bits per heavy atom. The number of aromatic hydroxyl groups is 1. The number of esters is 2. The van der Waals surface area contributed by atoms with Crippen molar-refractivity contribution in [2.75, 3.05) is 33.0 Å². The second-order valence-corrected chi connectivity index (χ2v) is 27.6. The average Bonchev–Trinajstić information content (AvgIpc) is 1.59. The van der Waals surface area contributed by atoms with Crippen LogP contribution < -0.4 is 24.8 Å². The maximum absolute atomic E-state index is 12.2. The standard InChI is InChI=1S/2C22H23NO5.C21H24O5.C16H14O4.CH3.W/c2*1-22(2,26)7-8-27-15-4-3-13-11-19-17(10-14(13)9-15)18(12-28-19)16-5-6-20(24)23-21(16)25;1-4-24-20(22)12-16-13-26-19-11-14-5-6-17(9-15(14)10-18(16)19)25-8-7-21(2,3)23;1-2-19-16(18)8-12-9-20-15-7-10-3-4-13(17)5-11(10)6-14(12)15;;/h2*3-4,9-12,16,26H,5-8H2,1-2H3,(H,23,24,25);5-6,9-11,13,23H,4,7-8,12H2,1-3H3;3-7,9,17H,2,8H2,1H3;1H3;/q;;;;-1;. The van der Waals surface area contributed by atoms with Gasteiger partial charge in [0.2, 0.25) is 23.6 Å². The van der Waals surface area contributed by atoms with Crippen LogP contribution >= 0.6 is 0 Å². The van der Waals surface area contributed by atoms with Crippen molar-refractivity contribution in [3.8, 4) is 23.0 Å². The quantitative estimate of drug-likeness (QED) is 0.0235. The van der Waals surface area contributed by atoms with Gasteiger partial charge in [-0.25, -0.2) is 0 Å². The number of nitrogens with one attached hydrogen (secondary N) is 2. The number of hydrogen-bond donors (Lipinski definition) is 6. The predicted octanol–water partition coefficient (Wildman–Crippen LogP) is 15.4. The third-order valence-electron chi connectivity index (χ3n) is 17.7. The van der Waals surface area contributed by atoms with Crippen LogP contribution in [0.3, 0.4) is 0 Å². The number of ether oxygens (including phenoxy) is 5. The molecule has 0 aliphatic carbocycles. The third kappa shape index (κ3) is 20.0. The van der Waals surface area contributed by atoms with E-state index in [-0.39, 0.29) is 94.5 Å². The molecule has 6 N–H and O–H groups in total. The number of furan rings is 4. The molecule has 0 saturated carbocycles. The van der Waals surface area contributed by atoms with Crippen molar-refractivity contribution in [3.05, 3.63) is 176 Å². The Kier molecular flexibility index (Phi) is 25.2. The van der Waals surface area contributed by atoms with E-state index >= 15 is 0 Å². The fraction of sp³-hybridized carbons (Fsp3) is 0.329. The first-order valence-corrected chi connectivity index (χ1v) is 34.1. The van der Waals surface area contributed by atoms with Crippen LogP contribution in [0.5, 0.6) is 23.0 Å². The van der Waals surface area contributed by atoms with E-state index < -0.39 is 16.8 Å². The van der Waals surface area contributed by atoms with E-state index in [0.29, 0.717) is 89.1 Å². The SMILES string of the molecule is CC(C)(O)CCOc1ccc2cc3occ(C4CCC(=O)NC4=O)c3cc2c1.CC(C)(O)CCOc1ccc2cc3occ(C4CCC(=O)NC4=O)c3cc2c1.CCOC(=O)Cc1coc2cc3ccc(O)cc3cc12.CCOC(=O)Cc1coc2cc3ccc(OCCC(C)(C)O)cc3cc12.[CH3-].[W]. The zero-order valence-corrected chi connectivity index (χ0v) is 62.7. The van der Waals surface area contributed by atoms with Crippen molar-refractivity contribution in [3.63, 3.8) is 0 Å². The monoisotopic (exact) mass is 1590 g/mol. The van der Waals surface area contributed by atoms with Crippen molar-refractivity contribution in [2.24, 2.45) is 0 Å².